The van der Waals surface area contributed by atoms with Crippen molar-refractivity contribution in [3.63, 3.8) is 0 Å². The molecule has 0 saturated heterocycles. The number of ether oxygens (including phenoxy) is 2. The number of hydrogen-bond donors (Lipinski definition) is 0. The average molecular weight is 396 g/mol. The number of halogens is 1. The Morgan fingerprint density at radius 2 is 1.96 bits per heavy atom. The number of fused-ring (bicyclic) bond motifs is 1. The highest BCUT2D eigenvalue weighted by Gasteiger charge is 2.19. The number of benzene rings is 1. The molecule has 0 saturated carbocycles. The number of rotatable bonds is 9. The highest BCUT2D eigenvalue weighted by atomic mass is 35.5. The fourth-order valence-corrected chi connectivity index (χ4v) is 3.39. The molecule has 0 radical (unpaired) electrons. The summed E-state index contributed by atoms with van der Waals surface area (Å²) in [5.74, 6) is -0.0145. The molecule has 0 spiro atoms. The van der Waals surface area contributed by atoms with Crippen molar-refractivity contribution < 1.29 is 18.7 Å². The number of alkyl halides is 1. The van der Waals surface area contributed by atoms with Gasteiger partial charge in [-0.3, -0.25) is 4.90 Å². The number of carbonyl (C=O) groups is 1. The Kier molecular flexibility index (Phi) is 7.68. The zero-order valence-corrected chi connectivity index (χ0v) is 17.0. The second-order valence-corrected chi connectivity index (χ2v) is 6.61. The van der Waals surface area contributed by atoms with Crippen LogP contribution in [0.1, 0.15) is 31.9 Å². The summed E-state index contributed by atoms with van der Waals surface area (Å²) in [5.41, 5.74) is 1.16. The maximum Gasteiger partial charge on any atom is 0.344 e. The molecule has 0 aliphatic rings. The normalized spacial score (nSPS) is 12.4. The van der Waals surface area contributed by atoms with Gasteiger partial charge in [0.2, 0.25) is 0 Å². The van der Waals surface area contributed by atoms with Gasteiger partial charge in [-0.15, -0.1) is 11.6 Å². The highest BCUT2D eigenvalue weighted by molar-refractivity contribution is 6.20. The lowest BCUT2D eigenvalue weighted by molar-refractivity contribution is -0.145. The Labute approximate surface area is 164 Å². The van der Waals surface area contributed by atoms with Crippen LogP contribution in [0.3, 0.4) is 0 Å². The number of carbonyl (C=O) groups excluding carboxylic acids is 1. The van der Waals surface area contributed by atoms with Crippen LogP contribution in [0, 0.1) is 6.92 Å². The summed E-state index contributed by atoms with van der Waals surface area (Å²) in [4.78, 5) is 26.0. The SMILES string of the molecule is CCOC(=O)COc1ccc2c(C)c(CC(Cl)N(CC)CC)c(=O)oc2c1. The first kappa shape index (κ1) is 21.3. The molecule has 2 rings (SSSR count). The zero-order chi connectivity index (χ0) is 20.0. The molecule has 0 aliphatic heterocycles. The van der Waals surface area contributed by atoms with E-state index in [1.807, 2.05) is 26.8 Å². The van der Waals surface area contributed by atoms with E-state index in [1.165, 1.54) is 0 Å². The minimum atomic E-state index is -0.449. The quantitative estimate of drug-likeness (QED) is 0.280. The maximum atomic E-state index is 12.5. The Balaban J connectivity index is 2.27. The monoisotopic (exact) mass is 395 g/mol. The second-order valence-electron chi connectivity index (χ2n) is 6.10. The van der Waals surface area contributed by atoms with Crippen molar-refractivity contribution in [1.82, 2.24) is 4.90 Å². The third-order valence-electron chi connectivity index (χ3n) is 4.50. The van der Waals surface area contributed by atoms with Crippen LogP contribution >= 0.6 is 11.6 Å². The van der Waals surface area contributed by atoms with Crippen molar-refractivity contribution in [1.29, 1.82) is 0 Å². The fourth-order valence-electron chi connectivity index (χ4n) is 2.96. The lowest BCUT2D eigenvalue weighted by Crippen LogP contribution is -2.33. The first-order valence-corrected chi connectivity index (χ1v) is 9.57. The van der Waals surface area contributed by atoms with Crippen molar-refractivity contribution in [3.8, 4) is 5.75 Å². The van der Waals surface area contributed by atoms with Crippen LogP contribution in [0.2, 0.25) is 0 Å². The van der Waals surface area contributed by atoms with Crippen LogP contribution in [0.25, 0.3) is 11.0 Å². The lowest BCUT2D eigenvalue weighted by atomic mass is 10.0. The zero-order valence-electron chi connectivity index (χ0n) is 16.2. The summed E-state index contributed by atoms with van der Waals surface area (Å²) in [6.45, 7) is 9.41. The van der Waals surface area contributed by atoms with E-state index in [-0.39, 0.29) is 12.1 Å². The van der Waals surface area contributed by atoms with Gasteiger partial charge in [0.15, 0.2) is 6.61 Å². The summed E-state index contributed by atoms with van der Waals surface area (Å²) in [6.07, 6.45) is 0.411. The fraction of sp³-hybridized carbons (Fsp3) is 0.500. The summed E-state index contributed by atoms with van der Waals surface area (Å²) in [6, 6.07) is 5.16. The molecule has 27 heavy (non-hydrogen) atoms. The van der Waals surface area contributed by atoms with Crippen molar-refractivity contribution in [3.05, 3.63) is 39.7 Å². The van der Waals surface area contributed by atoms with Gasteiger partial charge in [-0.25, -0.2) is 9.59 Å². The van der Waals surface area contributed by atoms with Crippen LogP contribution in [-0.4, -0.2) is 42.7 Å². The van der Waals surface area contributed by atoms with Crippen LogP contribution in [0.5, 0.6) is 5.75 Å². The first-order valence-electron chi connectivity index (χ1n) is 9.14. The van der Waals surface area contributed by atoms with Crippen molar-refractivity contribution >= 4 is 28.5 Å². The molecule has 0 N–H and O–H groups in total. The van der Waals surface area contributed by atoms with E-state index in [9.17, 15) is 9.59 Å². The maximum absolute atomic E-state index is 12.5. The smallest absolute Gasteiger partial charge is 0.344 e. The van der Waals surface area contributed by atoms with E-state index < -0.39 is 11.6 Å². The molecule has 1 aromatic heterocycles. The second kappa shape index (κ2) is 9.76. The molecular formula is C20H26ClNO5. The van der Waals surface area contributed by atoms with Crippen LogP contribution < -0.4 is 10.4 Å². The Hall–Kier alpha value is -2.05. The average Bonchev–Trinajstić information content (AvgIpc) is 2.64. The van der Waals surface area contributed by atoms with Crippen molar-refractivity contribution in [2.75, 3.05) is 26.3 Å². The van der Waals surface area contributed by atoms with Gasteiger partial charge in [0.25, 0.3) is 0 Å². The van der Waals surface area contributed by atoms with Crippen LogP contribution in [0.4, 0.5) is 0 Å². The molecular weight excluding hydrogens is 370 g/mol. The van der Waals surface area contributed by atoms with E-state index in [0.717, 1.165) is 24.0 Å². The highest BCUT2D eigenvalue weighted by Crippen LogP contribution is 2.25. The predicted octanol–water partition coefficient (Wildman–Crippen LogP) is 3.49. The topological polar surface area (TPSA) is 69.0 Å². The molecule has 2 aromatic rings. The summed E-state index contributed by atoms with van der Waals surface area (Å²) in [7, 11) is 0. The Bertz CT molecular complexity index is 844. The lowest BCUT2D eigenvalue weighted by Gasteiger charge is -2.24. The molecule has 6 nitrogen and oxygen atoms in total. The summed E-state index contributed by atoms with van der Waals surface area (Å²) in [5, 5.41) is 0.816. The largest absolute Gasteiger partial charge is 0.482 e. The van der Waals surface area contributed by atoms with Gasteiger partial charge in [0, 0.05) is 23.4 Å². The van der Waals surface area contributed by atoms with Crippen LogP contribution in [0.15, 0.2) is 27.4 Å². The van der Waals surface area contributed by atoms with Gasteiger partial charge in [-0.1, -0.05) is 13.8 Å². The summed E-state index contributed by atoms with van der Waals surface area (Å²) < 4.78 is 15.7. The van der Waals surface area contributed by atoms with Gasteiger partial charge in [0.05, 0.1) is 12.1 Å². The number of aryl methyl sites for hydroxylation is 1. The minimum Gasteiger partial charge on any atom is -0.482 e. The molecule has 7 heteroatoms. The molecule has 1 atom stereocenters. The van der Waals surface area contributed by atoms with Crippen molar-refractivity contribution in [2.24, 2.45) is 0 Å². The molecule has 0 fully saturated rings. The molecule has 148 valence electrons. The molecule has 1 aromatic carbocycles. The third kappa shape index (κ3) is 5.23. The number of nitrogens with zero attached hydrogens (tertiary/aromatic N) is 1. The molecule has 0 amide bonds. The first-order chi connectivity index (χ1) is 12.9. The number of likely N-dealkylation sites (N-methyl/N-ethyl adjacent to an activating group) is 1. The number of hydrogen-bond acceptors (Lipinski definition) is 6. The van der Waals surface area contributed by atoms with Gasteiger partial charge in [-0.2, -0.15) is 0 Å². The predicted molar refractivity (Wildman–Crippen MR) is 106 cm³/mol. The standard InChI is InChI=1S/C20H26ClNO5/c1-5-22(6-2)18(21)11-16-13(4)15-9-8-14(10-17(15)27-20(16)24)26-12-19(23)25-7-3/h8-10,18H,5-7,11-12H2,1-4H3. The molecule has 0 bridgehead atoms. The van der Waals surface area contributed by atoms with Gasteiger partial charge in [-0.05, 0) is 44.6 Å². The van der Waals surface area contributed by atoms with Gasteiger partial charge in [0.1, 0.15) is 11.3 Å². The van der Waals surface area contributed by atoms with E-state index >= 15 is 0 Å². The van der Waals surface area contributed by atoms with Crippen LogP contribution in [-0.2, 0) is 16.0 Å². The van der Waals surface area contributed by atoms with E-state index in [1.54, 1.807) is 19.1 Å². The van der Waals surface area contributed by atoms with E-state index in [4.69, 9.17) is 25.5 Å². The Morgan fingerprint density at radius 1 is 1.26 bits per heavy atom. The van der Waals surface area contributed by atoms with E-state index in [2.05, 4.69) is 4.90 Å². The molecule has 0 aliphatic carbocycles. The van der Waals surface area contributed by atoms with Gasteiger partial charge >= 0.3 is 11.6 Å². The molecule has 1 heterocycles. The minimum absolute atomic E-state index is 0.196. The third-order valence-corrected chi connectivity index (χ3v) is 4.93. The van der Waals surface area contributed by atoms with Gasteiger partial charge < -0.3 is 13.9 Å². The van der Waals surface area contributed by atoms with Crippen molar-refractivity contribution in [2.45, 2.75) is 39.6 Å². The summed E-state index contributed by atoms with van der Waals surface area (Å²) >= 11 is 6.48. The molecule has 1 unspecified atom stereocenters. The Morgan fingerprint density at radius 3 is 2.59 bits per heavy atom. The van der Waals surface area contributed by atoms with E-state index in [0.29, 0.717) is 29.9 Å². The number of esters is 1.